The molecule has 1 atom stereocenters. The number of thiophene rings is 1. The van der Waals surface area contributed by atoms with Crippen LogP contribution in [0.25, 0.3) is 0 Å². The van der Waals surface area contributed by atoms with Gasteiger partial charge in [0.15, 0.2) is 0 Å². The van der Waals surface area contributed by atoms with Crippen molar-refractivity contribution >= 4 is 27.4 Å². The van der Waals surface area contributed by atoms with Gasteiger partial charge in [0.2, 0.25) is 10.0 Å². The summed E-state index contributed by atoms with van der Waals surface area (Å²) in [7, 11) is -3.52. The van der Waals surface area contributed by atoms with E-state index in [0.29, 0.717) is 37.6 Å². The molecule has 30 heavy (non-hydrogen) atoms. The number of carbonyl (C=O) groups is 1. The Morgan fingerprint density at radius 2 is 1.77 bits per heavy atom. The normalized spacial score (nSPS) is 16.6. The molecule has 2 aromatic rings. The van der Waals surface area contributed by atoms with Gasteiger partial charge in [-0.15, -0.1) is 0 Å². The molecule has 7 nitrogen and oxygen atoms in total. The third-order valence-electron chi connectivity index (χ3n) is 5.53. The molecule has 1 aromatic heterocycles. The predicted molar refractivity (Wildman–Crippen MR) is 120 cm³/mol. The Balaban J connectivity index is 1.56. The number of urea groups is 1. The van der Waals surface area contributed by atoms with Crippen LogP contribution in [0.1, 0.15) is 25.5 Å². The van der Waals surface area contributed by atoms with Crippen LogP contribution in [0.2, 0.25) is 0 Å². The number of carbonyl (C=O) groups excluding carboxylic acids is 1. The van der Waals surface area contributed by atoms with Gasteiger partial charge in [-0.05, 0) is 47.6 Å². The molecule has 0 aliphatic carbocycles. The minimum Gasteiger partial charge on any atom is -0.336 e. The molecule has 0 spiro atoms. The molecule has 0 saturated carbocycles. The highest BCUT2D eigenvalue weighted by atomic mass is 32.2. The summed E-state index contributed by atoms with van der Waals surface area (Å²) < 4.78 is 27.0. The van der Waals surface area contributed by atoms with Crippen LogP contribution in [-0.4, -0.2) is 74.4 Å². The summed E-state index contributed by atoms with van der Waals surface area (Å²) in [5, 5.41) is 7.24. The molecule has 1 saturated heterocycles. The molecule has 3 rings (SSSR count). The maximum atomic E-state index is 12.8. The first-order valence-electron chi connectivity index (χ1n) is 10.3. The molecule has 164 valence electrons. The van der Waals surface area contributed by atoms with E-state index >= 15 is 0 Å². The first-order chi connectivity index (χ1) is 14.5. The van der Waals surface area contributed by atoms with Gasteiger partial charge in [0.05, 0.1) is 10.9 Å². The maximum absolute atomic E-state index is 12.8. The fraction of sp³-hybridized carbons (Fsp3) is 0.476. The molecular formula is C21H30N4O3S2. The van der Waals surface area contributed by atoms with Gasteiger partial charge in [0, 0.05) is 32.7 Å². The zero-order chi connectivity index (χ0) is 21.6. The number of sulfonamides is 1. The van der Waals surface area contributed by atoms with Crippen molar-refractivity contribution in [1.29, 1.82) is 0 Å². The molecule has 2 heterocycles. The van der Waals surface area contributed by atoms with Crippen LogP contribution in [-0.2, 0) is 10.0 Å². The standard InChI is InChI=1S/C21H30N4O3S2/c1-3-23(4-2)20(18-10-15-29-17-18)16-22-21(26)24-11-13-25(14-12-24)30(27,28)19-8-6-5-7-9-19/h5-10,15,17,20H,3-4,11-14,16H2,1-2H3,(H,22,26). The topological polar surface area (TPSA) is 73.0 Å². The van der Waals surface area contributed by atoms with Gasteiger partial charge in [0.25, 0.3) is 0 Å². The molecule has 0 radical (unpaired) electrons. The quantitative estimate of drug-likeness (QED) is 0.671. The second-order valence-corrected chi connectivity index (χ2v) is 9.90. The third kappa shape index (κ3) is 5.21. The van der Waals surface area contributed by atoms with Crippen molar-refractivity contribution in [3.63, 3.8) is 0 Å². The Morgan fingerprint density at radius 3 is 2.33 bits per heavy atom. The summed E-state index contributed by atoms with van der Waals surface area (Å²) in [6, 6.07) is 10.5. The lowest BCUT2D eigenvalue weighted by molar-refractivity contribution is 0.164. The van der Waals surface area contributed by atoms with Crippen LogP contribution in [0.4, 0.5) is 4.79 Å². The fourth-order valence-corrected chi connectivity index (χ4v) is 5.91. The van der Waals surface area contributed by atoms with Gasteiger partial charge in [0.1, 0.15) is 0 Å². The highest BCUT2D eigenvalue weighted by molar-refractivity contribution is 7.89. The Morgan fingerprint density at radius 1 is 1.10 bits per heavy atom. The lowest BCUT2D eigenvalue weighted by atomic mass is 10.1. The summed E-state index contributed by atoms with van der Waals surface area (Å²) in [5.41, 5.74) is 1.21. The number of amides is 2. The van der Waals surface area contributed by atoms with Crippen LogP contribution >= 0.6 is 11.3 Å². The Kier molecular flexibility index (Phi) is 7.87. The largest absolute Gasteiger partial charge is 0.336 e. The van der Waals surface area contributed by atoms with Crippen molar-refractivity contribution < 1.29 is 13.2 Å². The lowest BCUT2D eigenvalue weighted by Gasteiger charge is -2.35. The average Bonchev–Trinajstić information content (AvgIpc) is 3.31. The van der Waals surface area contributed by atoms with E-state index in [2.05, 4.69) is 40.9 Å². The number of nitrogens with one attached hydrogen (secondary N) is 1. The van der Waals surface area contributed by atoms with Crippen LogP contribution < -0.4 is 5.32 Å². The summed E-state index contributed by atoms with van der Waals surface area (Å²) in [4.78, 5) is 17.0. The number of benzene rings is 1. The smallest absolute Gasteiger partial charge is 0.317 e. The molecule has 1 aromatic carbocycles. The fourth-order valence-electron chi connectivity index (χ4n) is 3.76. The molecule has 0 bridgehead atoms. The van der Waals surface area contributed by atoms with Gasteiger partial charge >= 0.3 is 6.03 Å². The molecule has 1 aliphatic rings. The molecular weight excluding hydrogens is 420 g/mol. The first-order valence-corrected chi connectivity index (χ1v) is 12.7. The van der Waals surface area contributed by atoms with E-state index in [9.17, 15) is 13.2 Å². The zero-order valence-corrected chi connectivity index (χ0v) is 19.2. The van der Waals surface area contributed by atoms with Gasteiger partial charge in [-0.2, -0.15) is 15.6 Å². The predicted octanol–water partition coefficient (Wildman–Crippen LogP) is 2.85. The number of nitrogens with zero attached hydrogens (tertiary/aromatic N) is 3. The van der Waals surface area contributed by atoms with Gasteiger partial charge in [-0.25, -0.2) is 13.2 Å². The summed E-state index contributed by atoms with van der Waals surface area (Å²) in [6.45, 7) is 7.95. The number of rotatable bonds is 8. The van der Waals surface area contributed by atoms with Gasteiger partial charge in [-0.1, -0.05) is 32.0 Å². The van der Waals surface area contributed by atoms with Gasteiger partial charge < -0.3 is 10.2 Å². The molecule has 9 heteroatoms. The molecule has 2 amide bonds. The Bertz CT molecular complexity index is 892. The van der Waals surface area contributed by atoms with E-state index < -0.39 is 10.0 Å². The van der Waals surface area contributed by atoms with Gasteiger partial charge in [-0.3, -0.25) is 4.90 Å². The van der Waals surface area contributed by atoms with E-state index in [1.807, 2.05) is 0 Å². The zero-order valence-electron chi connectivity index (χ0n) is 17.5. The Hall–Kier alpha value is -1.94. The minimum atomic E-state index is -3.52. The highest BCUT2D eigenvalue weighted by Gasteiger charge is 2.30. The Labute approximate surface area is 183 Å². The molecule has 1 N–H and O–H groups in total. The van der Waals surface area contributed by atoms with Crippen molar-refractivity contribution in [2.45, 2.75) is 24.8 Å². The maximum Gasteiger partial charge on any atom is 0.317 e. The van der Waals surface area contributed by atoms with Crippen LogP contribution in [0.15, 0.2) is 52.1 Å². The molecule has 1 aliphatic heterocycles. The van der Waals surface area contributed by atoms with E-state index in [0.717, 1.165) is 13.1 Å². The highest BCUT2D eigenvalue weighted by Crippen LogP contribution is 2.22. The van der Waals surface area contributed by atoms with E-state index in [-0.39, 0.29) is 12.1 Å². The summed E-state index contributed by atoms with van der Waals surface area (Å²) >= 11 is 1.66. The summed E-state index contributed by atoms with van der Waals surface area (Å²) in [6.07, 6.45) is 0. The van der Waals surface area contributed by atoms with Crippen LogP contribution in [0.3, 0.4) is 0 Å². The van der Waals surface area contributed by atoms with Crippen LogP contribution in [0, 0.1) is 0 Å². The first kappa shape index (κ1) is 22.7. The van der Waals surface area contributed by atoms with Crippen molar-refractivity contribution in [3.05, 3.63) is 52.7 Å². The van der Waals surface area contributed by atoms with Crippen molar-refractivity contribution in [1.82, 2.24) is 19.4 Å². The monoisotopic (exact) mass is 450 g/mol. The van der Waals surface area contributed by atoms with E-state index in [4.69, 9.17) is 0 Å². The second kappa shape index (κ2) is 10.4. The number of likely N-dealkylation sites (N-methyl/N-ethyl adjacent to an activating group) is 1. The number of hydrogen-bond acceptors (Lipinski definition) is 5. The van der Waals surface area contributed by atoms with Crippen LogP contribution in [0.5, 0.6) is 0 Å². The average molecular weight is 451 g/mol. The third-order valence-corrected chi connectivity index (χ3v) is 8.15. The van der Waals surface area contributed by atoms with Crippen molar-refractivity contribution in [2.75, 3.05) is 45.8 Å². The second-order valence-electron chi connectivity index (χ2n) is 7.18. The van der Waals surface area contributed by atoms with Crippen molar-refractivity contribution in [3.8, 4) is 0 Å². The lowest BCUT2D eigenvalue weighted by Crippen LogP contribution is -2.53. The number of hydrogen-bond donors (Lipinski definition) is 1. The SMILES string of the molecule is CCN(CC)C(CNC(=O)N1CCN(S(=O)(=O)c2ccccc2)CC1)c1ccsc1. The summed E-state index contributed by atoms with van der Waals surface area (Å²) in [5.74, 6) is 0. The molecule has 1 unspecified atom stereocenters. The van der Waals surface area contributed by atoms with E-state index in [1.165, 1.54) is 9.87 Å². The van der Waals surface area contributed by atoms with E-state index in [1.54, 1.807) is 46.6 Å². The molecule has 1 fully saturated rings. The van der Waals surface area contributed by atoms with Crippen molar-refractivity contribution in [2.24, 2.45) is 0 Å². The minimum absolute atomic E-state index is 0.134. The number of piperazine rings is 1.